The minimum atomic E-state index is -0.225. The molecule has 0 aliphatic carbocycles. The number of unbranched alkanes of at least 4 members (excludes halogenated alkanes) is 7. The molecule has 0 fully saturated rings. The van der Waals surface area contributed by atoms with E-state index in [4.69, 9.17) is 21.6 Å². The Bertz CT molecular complexity index is 827. The quantitative estimate of drug-likeness (QED) is 0.177. The lowest BCUT2D eigenvalue weighted by Crippen LogP contribution is -1.96. The second-order valence-corrected chi connectivity index (χ2v) is 7.56. The first-order chi connectivity index (χ1) is 14.7. The van der Waals surface area contributed by atoms with Gasteiger partial charge in [0.15, 0.2) is 0 Å². The molecule has 0 spiro atoms. The molecule has 2 aromatic carbocycles. The number of nitriles is 1. The van der Waals surface area contributed by atoms with E-state index in [-0.39, 0.29) is 5.24 Å². The van der Waals surface area contributed by atoms with E-state index in [9.17, 15) is 4.79 Å². The van der Waals surface area contributed by atoms with Crippen molar-refractivity contribution < 1.29 is 9.53 Å². The van der Waals surface area contributed by atoms with Crippen LogP contribution in [0.5, 0.6) is 5.75 Å². The fraction of sp³-hybridized carbons (Fsp3) is 0.417. The molecule has 2 aromatic rings. The highest BCUT2D eigenvalue weighted by molar-refractivity contribution is 6.63. The summed E-state index contributed by atoms with van der Waals surface area (Å²) in [6.45, 7) is 0.712. The zero-order valence-corrected chi connectivity index (χ0v) is 18.0. The molecule has 0 amide bonds. The number of carbonyl (C=O) groups excluding carboxylic acids is 1. The van der Waals surface area contributed by atoms with Gasteiger partial charge in [0, 0.05) is 6.42 Å². The molecule has 0 saturated heterocycles. The molecule has 0 saturated carbocycles. The van der Waals surface area contributed by atoms with Crippen molar-refractivity contribution >= 4 is 28.2 Å². The van der Waals surface area contributed by atoms with Gasteiger partial charge in [0.2, 0.25) is 5.24 Å². The van der Waals surface area contributed by atoms with Crippen molar-refractivity contribution in [3.63, 3.8) is 0 Å². The number of hydrogen-bond donors (Lipinski definition) is 0. The maximum Gasteiger partial charge on any atom is 0.221 e. The van der Waals surface area contributed by atoms with Crippen LogP contribution in [0.25, 0.3) is 0 Å². The highest BCUT2D eigenvalue weighted by Gasteiger charge is 1.98. The molecular weight excluding hydrogens is 398 g/mol. The first-order valence-corrected chi connectivity index (χ1v) is 10.9. The van der Waals surface area contributed by atoms with Crippen molar-refractivity contribution in [2.75, 3.05) is 6.61 Å². The molecule has 0 aromatic heterocycles. The Morgan fingerprint density at radius 2 is 1.30 bits per heavy atom. The Kier molecular flexibility index (Phi) is 11.2. The molecule has 2 rings (SSSR count). The van der Waals surface area contributed by atoms with Gasteiger partial charge in [-0.1, -0.05) is 38.5 Å². The summed E-state index contributed by atoms with van der Waals surface area (Å²) in [6, 6.07) is 16.6. The van der Waals surface area contributed by atoms with Crippen LogP contribution in [-0.2, 0) is 4.79 Å². The smallest absolute Gasteiger partial charge is 0.221 e. The minimum absolute atomic E-state index is 0.225. The summed E-state index contributed by atoms with van der Waals surface area (Å²) in [5.41, 5.74) is 2.06. The van der Waals surface area contributed by atoms with Gasteiger partial charge in [-0.05, 0) is 73.0 Å². The summed E-state index contributed by atoms with van der Waals surface area (Å²) >= 11 is 5.32. The van der Waals surface area contributed by atoms with E-state index >= 15 is 0 Å². The lowest BCUT2D eigenvalue weighted by atomic mass is 10.1. The normalized spacial score (nSPS) is 10.8. The SMILES string of the molecule is N#Cc1ccc(N=Nc2ccc(OCCCCCCCCCCC(=O)Cl)cc2)cc1. The molecule has 0 aliphatic heterocycles. The molecule has 5 nitrogen and oxygen atoms in total. The van der Waals surface area contributed by atoms with Gasteiger partial charge in [-0.15, -0.1) is 0 Å². The standard InChI is InChI=1S/C24H28ClN3O2/c25-24(29)9-7-5-3-1-2-4-6-8-18-30-23-16-14-22(15-17-23)28-27-21-12-10-20(19-26)11-13-21/h10-17H,1-9,18H2. The third-order valence-corrected chi connectivity index (χ3v) is 4.84. The number of rotatable bonds is 14. The van der Waals surface area contributed by atoms with Crippen molar-refractivity contribution in [1.82, 2.24) is 0 Å². The van der Waals surface area contributed by atoms with Crippen LogP contribution in [0.15, 0.2) is 58.8 Å². The minimum Gasteiger partial charge on any atom is -0.494 e. The summed E-state index contributed by atoms with van der Waals surface area (Å²) in [5, 5.41) is 16.9. The summed E-state index contributed by atoms with van der Waals surface area (Å²) in [6.07, 6.45) is 9.54. The first-order valence-electron chi connectivity index (χ1n) is 10.5. The number of azo groups is 1. The van der Waals surface area contributed by atoms with Crippen LogP contribution < -0.4 is 4.74 Å². The van der Waals surface area contributed by atoms with Crippen molar-refractivity contribution in [3.05, 3.63) is 54.1 Å². The van der Waals surface area contributed by atoms with Crippen LogP contribution in [0.3, 0.4) is 0 Å². The van der Waals surface area contributed by atoms with E-state index in [1.54, 1.807) is 24.3 Å². The van der Waals surface area contributed by atoms with Crippen LogP contribution in [-0.4, -0.2) is 11.8 Å². The second kappa shape index (κ2) is 14.3. The lowest BCUT2D eigenvalue weighted by Gasteiger charge is -2.06. The molecule has 0 heterocycles. The summed E-state index contributed by atoms with van der Waals surface area (Å²) in [7, 11) is 0. The Morgan fingerprint density at radius 3 is 1.83 bits per heavy atom. The van der Waals surface area contributed by atoms with Crippen LogP contribution in [0, 0.1) is 11.3 Å². The molecule has 0 N–H and O–H groups in total. The number of benzene rings is 2. The molecule has 0 atom stereocenters. The molecule has 0 bridgehead atoms. The van der Waals surface area contributed by atoms with Crippen LogP contribution in [0.4, 0.5) is 11.4 Å². The van der Waals surface area contributed by atoms with Gasteiger partial charge in [-0.25, -0.2) is 0 Å². The van der Waals surface area contributed by atoms with Gasteiger partial charge in [0.1, 0.15) is 5.75 Å². The molecule has 6 heteroatoms. The van der Waals surface area contributed by atoms with Crippen molar-refractivity contribution in [1.29, 1.82) is 5.26 Å². The largest absolute Gasteiger partial charge is 0.494 e. The van der Waals surface area contributed by atoms with Crippen LogP contribution in [0.2, 0.25) is 0 Å². The Balaban J connectivity index is 1.55. The maximum atomic E-state index is 10.6. The molecular formula is C24H28ClN3O2. The average Bonchev–Trinajstić information content (AvgIpc) is 2.77. The number of halogens is 1. The Morgan fingerprint density at radius 1 is 0.800 bits per heavy atom. The van der Waals surface area contributed by atoms with E-state index < -0.39 is 0 Å². The third kappa shape index (κ3) is 10.2. The van der Waals surface area contributed by atoms with Gasteiger partial charge in [-0.3, -0.25) is 4.79 Å². The van der Waals surface area contributed by atoms with E-state index in [2.05, 4.69) is 16.3 Å². The molecule has 158 valence electrons. The van der Waals surface area contributed by atoms with Gasteiger partial charge in [0.25, 0.3) is 0 Å². The van der Waals surface area contributed by atoms with Crippen molar-refractivity contribution in [2.24, 2.45) is 10.2 Å². The van der Waals surface area contributed by atoms with Gasteiger partial charge in [-0.2, -0.15) is 15.5 Å². The van der Waals surface area contributed by atoms with E-state index in [0.717, 1.165) is 37.1 Å². The third-order valence-electron chi connectivity index (χ3n) is 4.65. The van der Waals surface area contributed by atoms with Gasteiger partial charge in [0.05, 0.1) is 29.6 Å². The average molecular weight is 426 g/mol. The molecule has 30 heavy (non-hydrogen) atoms. The highest BCUT2D eigenvalue weighted by Crippen LogP contribution is 2.22. The zero-order valence-electron chi connectivity index (χ0n) is 17.2. The van der Waals surface area contributed by atoms with Crippen LogP contribution in [0.1, 0.15) is 63.4 Å². The molecule has 0 aliphatic rings. The van der Waals surface area contributed by atoms with Crippen molar-refractivity contribution in [3.8, 4) is 11.8 Å². The number of nitrogens with zero attached hydrogens (tertiary/aromatic N) is 3. The Hall–Kier alpha value is -2.71. The van der Waals surface area contributed by atoms with E-state index in [1.807, 2.05) is 24.3 Å². The summed E-state index contributed by atoms with van der Waals surface area (Å²) in [4.78, 5) is 10.6. The zero-order chi connectivity index (χ0) is 21.4. The maximum absolute atomic E-state index is 10.6. The van der Waals surface area contributed by atoms with Gasteiger partial charge >= 0.3 is 0 Å². The predicted molar refractivity (Wildman–Crippen MR) is 120 cm³/mol. The number of hydrogen-bond acceptors (Lipinski definition) is 5. The van der Waals surface area contributed by atoms with E-state index in [0.29, 0.717) is 24.3 Å². The summed E-state index contributed by atoms with van der Waals surface area (Å²) < 4.78 is 5.78. The Labute approximate surface area is 183 Å². The number of ether oxygens (including phenoxy) is 1. The molecule has 0 unspecified atom stereocenters. The fourth-order valence-electron chi connectivity index (χ4n) is 2.94. The fourth-order valence-corrected chi connectivity index (χ4v) is 3.08. The second-order valence-electron chi connectivity index (χ2n) is 7.13. The predicted octanol–water partition coefficient (Wildman–Crippen LogP) is 7.63. The van der Waals surface area contributed by atoms with Crippen LogP contribution >= 0.6 is 11.6 Å². The van der Waals surface area contributed by atoms with Gasteiger partial charge < -0.3 is 4.74 Å². The highest BCUT2D eigenvalue weighted by atomic mass is 35.5. The molecule has 0 radical (unpaired) electrons. The topological polar surface area (TPSA) is 74.8 Å². The van der Waals surface area contributed by atoms with E-state index in [1.165, 1.54) is 25.7 Å². The summed E-state index contributed by atoms with van der Waals surface area (Å²) in [5.74, 6) is 0.834. The lowest BCUT2D eigenvalue weighted by molar-refractivity contribution is -0.111. The number of carbonyl (C=O) groups is 1. The monoisotopic (exact) mass is 425 g/mol. The van der Waals surface area contributed by atoms with Crippen molar-refractivity contribution in [2.45, 2.75) is 57.8 Å². The first kappa shape index (κ1) is 23.6.